The predicted molar refractivity (Wildman–Crippen MR) is 101 cm³/mol. The maximum Gasteiger partial charge on any atom is 0.263 e. The molecular weight excluding hydrogens is 336 g/mol. The number of hydrogen-bond acceptors (Lipinski definition) is 5. The summed E-state index contributed by atoms with van der Waals surface area (Å²) in [5.74, 6) is 0.574. The van der Waals surface area contributed by atoms with Gasteiger partial charge in [0.25, 0.3) is 5.56 Å². The number of likely N-dealkylation sites (tertiary alicyclic amines) is 1. The summed E-state index contributed by atoms with van der Waals surface area (Å²) in [5.41, 5.74) is 0.889. The molecule has 0 unspecified atom stereocenters. The van der Waals surface area contributed by atoms with Crippen molar-refractivity contribution in [2.24, 2.45) is 0 Å². The zero-order chi connectivity index (χ0) is 18.0. The molecule has 1 aliphatic rings. The van der Waals surface area contributed by atoms with Crippen molar-refractivity contribution in [3.8, 4) is 0 Å². The molecular formula is C18H26N4O2S. The Morgan fingerprint density at radius 3 is 2.68 bits per heavy atom. The van der Waals surface area contributed by atoms with Crippen molar-refractivity contribution in [1.29, 1.82) is 0 Å². The average Bonchev–Trinajstić information content (AvgIpc) is 3.18. The highest BCUT2D eigenvalue weighted by molar-refractivity contribution is 7.18. The molecule has 1 saturated heterocycles. The van der Waals surface area contributed by atoms with E-state index in [0.717, 1.165) is 34.8 Å². The van der Waals surface area contributed by atoms with E-state index in [-0.39, 0.29) is 18.0 Å². The lowest BCUT2D eigenvalue weighted by Crippen LogP contribution is -2.36. The van der Waals surface area contributed by atoms with Crippen molar-refractivity contribution < 1.29 is 4.79 Å². The van der Waals surface area contributed by atoms with Crippen molar-refractivity contribution in [1.82, 2.24) is 19.8 Å². The van der Waals surface area contributed by atoms with Crippen LogP contribution in [0.4, 0.5) is 0 Å². The van der Waals surface area contributed by atoms with Crippen LogP contribution in [0.15, 0.2) is 4.79 Å². The lowest BCUT2D eigenvalue weighted by atomic mass is 10.2. The van der Waals surface area contributed by atoms with Gasteiger partial charge >= 0.3 is 0 Å². The third-order valence-corrected chi connectivity index (χ3v) is 5.91. The van der Waals surface area contributed by atoms with Gasteiger partial charge in [-0.3, -0.25) is 19.1 Å². The van der Waals surface area contributed by atoms with Crippen LogP contribution in [-0.4, -0.2) is 40.0 Å². The van der Waals surface area contributed by atoms with Gasteiger partial charge in [0.05, 0.1) is 11.9 Å². The van der Waals surface area contributed by atoms with E-state index in [1.54, 1.807) is 15.9 Å². The van der Waals surface area contributed by atoms with Gasteiger partial charge in [0.1, 0.15) is 17.2 Å². The second-order valence-electron chi connectivity index (χ2n) is 6.72. The molecule has 25 heavy (non-hydrogen) atoms. The Morgan fingerprint density at radius 2 is 2.00 bits per heavy atom. The Morgan fingerprint density at radius 1 is 1.28 bits per heavy atom. The van der Waals surface area contributed by atoms with Crippen molar-refractivity contribution in [3.05, 3.63) is 26.6 Å². The summed E-state index contributed by atoms with van der Waals surface area (Å²) in [4.78, 5) is 34.3. The summed E-state index contributed by atoms with van der Waals surface area (Å²) in [5, 5.41) is 3.52. The first-order chi connectivity index (χ1) is 12.0. The van der Waals surface area contributed by atoms with Gasteiger partial charge in [-0.1, -0.05) is 6.92 Å². The summed E-state index contributed by atoms with van der Waals surface area (Å²) in [6.45, 7) is 9.33. The highest BCUT2D eigenvalue weighted by atomic mass is 32.1. The normalized spacial score (nSPS) is 15.2. The van der Waals surface area contributed by atoms with E-state index in [2.05, 4.69) is 10.2 Å². The highest BCUT2D eigenvalue weighted by Crippen LogP contribution is 2.26. The number of fused-ring (bicyclic) bond motifs is 1. The number of thiophene rings is 1. The predicted octanol–water partition coefficient (Wildman–Crippen LogP) is 2.20. The molecule has 2 aromatic heterocycles. The minimum atomic E-state index is -0.127. The summed E-state index contributed by atoms with van der Waals surface area (Å²) >= 11 is 1.56. The largest absolute Gasteiger partial charge is 0.355 e. The lowest BCUT2D eigenvalue weighted by molar-refractivity contribution is -0.121. The van der Waals surface area contributed by atoms with E-state index < -0.39 is 0 Å². The minimum Gasteiger partial charge on any atom is -0.355 e. The SMILES string of the molecule is CCCNC(=O)Cn1c(CN2CCCC2)nc2sc(C)c(C)c2c1=O. The van der Waals surface area contributed by atoms with Crippen LogP contribution in [-0.2, 0) is 17.9 Å². The van der Waals surface area contributed by atoms with Gasteiger partial charge in [0.15, 0.2) is 0 Å². The van der Waals surface area contributed by atoms with Crippen LogP contribution >= 0.6 is 11.3 Å². The number of aryl methyl sites for hydroxylation is 2. The monoisotopic (exact) mass is 362 g/mol. The molecule has 0 radical (unpaired) electrons. The van der Waals surface area contributed by atoms with Crippen LogP contribution < -0.4 is 10.9 Å². The van der Waals surface area contributed by atoms with E-state index in [1.165, 1.54) is 12.8 Å². The number of carbonyl (C=O) groups is 1. The lowest BCUT2D eigenvalue weighted by Gasteiger charge is -2.18. The second kappa shape index (κ2) is 7.66. The van der Waals surface area contributed by atoms with Crippen LogP contribution in [0, 0.1) is 13.8 Å². The molecule has 0 aromatic carbocycles. The Kier molecular flexibility index (Phi) is 5.54. The molecule has 0 spiro atoms. The fourth-order valence-corrected chi connectivity index (χ4v) is 4.30. The van der Waals surface area contributed by atoms with Gasteiger partial charge in [-0.2, -0.15) is 0 Å². The molecule has 1 amide bonds. The Labute approximate surface area is 151 Å². The third-order valence-electron chi connectivity index (χ3n) is 4.81. The molecule has 0 bridgehead atoms. The van der Waals surface area contributed by atoms with Gasteiger partial charge in [0.2, 0.25) is 5.91 Å². The first-order valence-electron chi connectivity index (χ1n) is 8.99. The summed E-state index contributed by atoms with van der Waals surface area (Å²) in [6, 6.07) is 0. The van der Waals surface area contributed by atoms with Crippen molar-refractivity contribution in [3.63, 3.8) is 0 Å². The van der Waals surface area contributed by atoms with Crippen molar-refractivity contribution in [2.45, 2.75) is 53.1 Å². The van der Waals surface area contributed by atoms with Crippen LogP contribution in [0.1, 0.15) is 42.5 Å². The van der Waals surface area contributed by atoms with Crippen molar-refractivity contribution >= 4 is 27.5 Å². The van der Waals surface area contributed by atoms with Crippen LogP contribution in [0.25, 0.3) is 10.2 Å². The molecule has 0 atom stereocenters. The molecule has 3 heterocycles. The molecule has 3 rings (SSSR count). The number of aromatic nitrogens is 2. The maximum absolute atomic E-state index is 13.1. The molecule has 0 aliphatic carbocycles. The molecule has 6 nitrogen and oxygen atoms in total. The Balaban J connectivity index is 2.02. The van der Waals surface area contributed by atoms with Crippen molar-refractivity contribution in [2.75, 3.05) is 19.6 Å². The molecule has 136 valence electrons. The van der Waals surface area contributed by atoms with Crippen LogP contribution in [0.3, 0.4) is 0 Å². The van der Waals surface area contributed by atoms with Gasteiger partial charge in [0, 0.05) is 11.4 Å². The number of rotatable bonds is 6. The van der Waals surface area contributed by atoms with Gasteiger partial charge in [-0.15, -0.1) is 11.3 Å². The molecule has 1 aliphatic heterocycles. The minimum absolute atomic E-state index is 0.0410. The fraction of sp³-hybridized carbons (Fsp3) is 0.611. The first-order valence-corrected chi connectivity index (χ1v) is 9.81. The smallest absolute Gasteiger partial charge is 0.263 e. The number of carbonyl (C=O) groups excluding carboxylic acids is 1. The number of amides is 1. The van der Waals surface area contributed by atoms with Gasteiger partial charge in [-0.25, -0.2) is 4.98 Å². The van der Waals surface area contributed by atoms with Gasteiger partial charge in [-0.05, 0) is 51.8 Å². The van der Waals surface area contributed by atoms with Crippen LogP contribution in [0.5, 0.6) is 0 Å². The summed E-state index contributed by atoms with van der Waals surface area (Å²) < 4.78 is 1.57. The Bertz CT molecular complexity index is 834. The maximum atomic E-state index is 13.1. The highest BCUT2D eigenvalue weighted by Gasteiger charge is 2.21. The third kappa shape index (κ3) is 3.77. The molecule has 1 N–H and O–H groups in total. The quantitative estimate of drug-likeness (QED) is 0.855. The average molecular weight is 362 g/mol. The van der Waals surface area contributed by atoms with E-state index in [1.807, 2.05) is 20.8 Å². The molecule has 1 fully saturated rings. The number of nitrogens with zero attached hydrogens (tertiary/aromatic N) is 3. The fourth-order valence-electron chi connectivity index (χ4n) is 3.26. The van der Waals surface area contributed by atoms with Crippen LogP contribution in [0.2, 0.25) is 0 Å². The summed E-state index contributed by atoms with van der Waals surface area (Å²) in [7, 11) is 0. The molecule has 2 aromatic rings. The zero-order valence-electron chi connectivity index (χ0n) is 15.2. The Hall–Kier alpha value is -1.73. The molecule has 7 heteroatoms. The van der Waals surface area contributed by atoms with E-state index >= 15 is 0 Å². The zero-order valence-corrected chi connectivity index (χ0v) is 16.0. The standard InChI is InChI=1S/C18H26N4O2S/c1-4-7-19-15(23)11-22-14(10-21-8-5-6-9-21)20-17-16(18(22)24)12(2)13(3)25-17/h4-11H2,1-3H3,(H,19,23). The second-order valence-corrected chi connectivity index (χ2v) is 7.92. The topological polar surface area (TPSA) is 67.2 Å². The van der Waals surface area contributed by atoms with E-state index in [0.29, 0.717) is 24.3 Å². The first kappa shape index (κ1) is 18.1. The van der Waals surface area contributed by atoms with E-state index in [9.17, 15) is 9.59 Å². The number of hydrogen-bond donors (Lipinski definition) is 1. The van der Waals surface area contributed by atoms with E-state index in [4.69, 9.17) is 4.98 Å². The number of nitrogens with one attached hydrogen (secondary N) is 1. The van der Waals surface area contributed by atoms with Gasteiger partial charge < -0.3 is 5.32 Å². The summed E-state index contributed by atoms with van der Waals surface area (Å²) in [6.07, 6.45) is 3.24. The molecule has 0 saturated carbocycles.